The van der Waals surface area contributed by atoms with Crippen LogP contribution in [0.4, 0.5) is 0 Å². The van der Waals surface area contributed by atoms with Crippen LogP contribution in [0, 0.1) is 0 Å². The quantitative estimate of drug-likeness (QED) is 0.251. The number of hydrogen-bond acceptors (Lipinski definition) is 0. The van der Waals surface area contributed by atoms with Gasteiger partial charge in [-0.15, -0.1) is 0 Å². The van der Waals surface area contributed by atoms with E-state index in [0.717, 1.165) is 0 Å². The Bertz CT molecular complexity index is 877. The molecule has 0 saturated heterocycles. The van der Waals surface area contributed by atoms with Crippen molar-refractivity contribution < 1.29 is 16.8 Å². The van der Waals surface area contributed by atoms with Crippen molar-refractivity contribution in [2.45, 2.75) is 0 Å². The third kappa shape index (κ3) is 1.83. The van der Waals surface area contributed by atoms with Crippen molar-refractivity contribution in [1.29, 1.82) is 0 Å². The van der Waals surface area contributed by atoms with Crippen LogP contribution < -0.4 is 16.8 Å². The number of fused-ring (bicyclic) bond motifs is 4. The zero-order valence-corrected chi connectivity index (χ0v) is 11.0. The highest BCUT2D eigenvalue weighted by atomic mass is 35.5. The summed E-state index contributed by atoms with van der Waals surface area (Å²) < 4.78 is 2.20. The first-order valence-electron chi connectivity index (χ1n) is 6.13. The van der Waals surface area contributed by atoms with Gasteiger partial charge in [0, 0.05) is 17.5 Å². The van der Waals surface area contributed by atoms with Crippen LogP contribution in [-0.2, 0) is 0 Å². The molecule has 0 aliphatic rings. The Morgan fingerprint density at radius 2 is 1.37 bits per heavy atom. The summed E-state index contributed by atoms with van der Waals surface area (Å²) in [5, 5.41) is 5.14. The number of aromatic nitrogens is 1. The van der Waals surface area contributed by atoms with E-state index in [1.165, 1.54) is 27.1 Å². The maximum absolute atomic E-state index is 2.26. The van der Waals surface area contributed by atoms with Crippen molar-refractivity contribution in [3.8, 4) is 0 Å². The minimum Gasteiger partial charge on any atom is -1.00 e. The maximum atomic E-state index is 2.26. The molecule has 19 heavy (non-hydrogen) atoms. The Hall–Kier alpha value is -2.12. The molecule has 1 nitrogen and oxygen atoms in total. The summed E-state index contributed by atoms with van der Waals surface area (Å²) in [5.74, 6) is 0. The molecule has 0 aliphatic heterocycles. The van der Waals surface area contributed by atoms with Gasteiger partial charge in [-0.1, -0.05) is 36.4 Å². The van der Waals surface area contributed by atoms with Crippen molar-refractivity contribution in [3.05, 3.63) is 73.1 Å². The Balaban J connectivity index is 0.00000110. The molecule has 2 aromatic heterocycles. The molecule has 0 saturated carbocycles. The normalized spacial score (nSPS) is 10.7. The number of benzene rings is 2. The minimum atomic E-state index is 0. The second-order valence-electron chi connectivity index (χ2n) is 4.60. The van der Waals surface area contributed by atoms with Crippen LogP contribution >= 0.6 is 0 Å². The molecule has 0 amide bonds. The summed E-state index contributed by atoms with van der Waals surface area (Å²) >= 11 is 0. The minimum absolute atomic E-state index is 0. The highest BCUT2D eigenvalue weighted by molar-refractivity contribution is 5.97. The third-order valence-corrected chi connectivity index (χ3v) is 3.50. The first kappa shape index (κ1) is 11.9. The van der Waals surface area contributed by atoms with Crippen molar-refractivity contribution in [3.63, 3.8) is 0 Å². The largest absolute Gasteiger partial charge is 1.00 e. The van der Waals surface area contributed by atoms with Gasteiger partial charge in [-0.25, -0.2) is 0 Å². The summed E-state index contributed by atoms with van der Waals surface area (Å²) in [4.78, 5) is 0. The number of halogens is 1. The predicted molar refractivity (Wildman–Crippen MR) is 74.6 cm³/mol. The number of pyridine rings is 2. The summed E-state index contributed by atoms with van der Waals surface area (Å²) in [6.07, 6.45) is 4.32. The zero-order valence-electron chi connectivity index (χ0n) is 10.3. The molecule has 92 valence electrons. The molecular formula is C17H12ClN. The van der Waals surface area contributed by atoms with Gasteiger partial charge in [-0.2, -0.15) is 4.40 Å². The molecule has 2 aromatic carbocycles. The molecule has 0 radical (unpaired) electrons. The first-order valence-corrected chi connectivity index (χ1v) is 6.13. The van der Waals surface area contributed by atoms with Gasteiger partial charge in [0.05, 0.1) is 5.39 Å². The lowest BCUT2D eigenvalue weighted by Crippen LogP contribution is -3.00. The average Bonchev–Trinajstić information content (AvgIpc) is 2.45. The van der Waals surface area contributed by atoms with E-state index in [1.54, 1.807) is 0 Å². The molecule has 0 fully saturated rings. The van der Waals surface area contributed by atoms with Crippen molar-refractivity contribution >= 4 is 27.1 Å². The van der Waals surface area contributed by atoms with Crippen LogP contribution in [-0.4, -0.2) is 0 Å². The van der Waals surface area contributed by atoms with Crippen molar-refractivity contribution in [2.24, 2.45) is 0 Å². The van der Waals surface area contributed by atoms with Crippen LogP contribution in [0.1, 0.15) is 0 Å². The van der Waals surface area contributed by atoms with Crippen molar-refractivity contribution in [2.75, 3.05) is 0 Å². The SMILES string of the molecule is [Cl-].c1ccc2c[n+]3ccc4ccccc4c3cc2c1. The Labute approximate surface area is 117 Å². The molecule has 0 spiro atoms. The summed E-state index contributed by atoms with van der Waals surface area (Å²) in [6.45, 7) is 0. The Morgan fingerprint density at radius 3 is 2.21 bits per heavy atom. The fourth-order valence-electron chi connectivity index (χ4n) is 2.58. The molecule has 2 heterocycles. The summed E-state index contributed by atoms with van der Waals surface area (Å²) in [6, 6.07) is 21.4. The molecule has 4 rings (SSSR count). The maximum Gasteiger partial charge on any atom is 0.219 e. The van der Waals surface area contributed by atoms with E-state index >= 15 is 0 Å². The molecule has 4 aromatic rings. The number of rotatable bonds is 0. The molecule has 0 unspecified atom stereocenters. The fraction of sp³-hybridized carbons (Fsp3) is 0. The molecule has 2 heteroatoms. The fourth-order valence-corrected chi connectivity index (χ4v) is 2.58. The van der Waals surface area contributed by atoms with Crippen LogP contribution in [0.25, 0.3) is 27.1 Å². The second-order valence-corrected chi connectivity index (χ2v) is 4.60. The van der Waals surface area contributed by atoms with E-state index in [0.29, 0.717) is 0 Å². The van der Waals surface area contributed by atoms with Crippen LogP contribution in [0.2, 0.25) is 0 Å². The standard InChI is InChI=1S/C17H12N.ClH/c1-2-7-15-12-18-10-9-13-5-3-4-8-16(13)17(18)11-14(15)6-1;/h1-12H;1H/q+1;/p-1. The topological polar surface area (TPSA) is 4.10 Å². The van der Waals surface area contributed by atoms with Gasteiger partial charge in [-0.05, 0) is 22.9 Å². The molecular weight excluding hydrogens is 254 g/mol. The second kappa shape index (κ2) is 4.52. The molecule has 0 atom stereocenters. The highest BCUT2D eigenvalue weighted by Crippen LogP contribution is 2.20. The van der Waals surface area contributed by atoms with Gasteiger partial charge in [0.25, 0.3) is 0 Å². The Kier molecular flexibility index (Phi) is 2.84. The number of nitrogens with zero attached hydrogens (tertiary/aromatic N) is 1. The van der Waals surface area contributed by atoms with Crippen molar-refractivity contribution in [1.82, 2.24) is 0 Å². The van der Waals surface area contributed by atoms with Gasteiger partial charge in [0.1, 0.15) is 0 Å². The van der Waals surface area contributed by atoms with Crippen LogP contribution in [0.15, 0.2) is 73.1 Å². The van der Waals surface area contributed by atoms with E-state index in [9.17, 15) is 0 Å². The van der Waals surface area contributed by atoms with Gasteiger partial charge >= 0.3 is 0 Å². The summed E-state index contributed by atoms with van der Waals surface area (Å²) in [7, 11) is 0. The van der Waals surface area contributed by atoms with Gasteiger partial charge in [0.15, 0.2) is 12.4 Å². The first-order chi connectivity index (χ1) is 8.92. The lowest BCUT2D eigenvalue weighted by molar-refractivity contribution is -0.509. The smallest absolute Gasteiger partial charge is 0.219 e. The van der Waals surface area contributed by atoms with E-state index in [4.69, 9.17) is 0 Å². The van der Waals surface area contributed by atoms with E-state index in [2.05, 4.69) is 77.5 Å². The zero-order chi connectivity index (χ0) is 11.9. The average molecular weight is 266 g/mol. The highest BCUT2D eigenvalue weighted by Gasteiger charge is 2.08. The monoisotopic (exact) mass is 265 g/mol. The van der Waals surface area contributed by atoms with Gasteiger partial charge in [0.2, 0.25) is 5.52 Å². The van der Waals surface area contributed by atoms with E-state index in [-0.39, 0.29) is 12.4 Å². The van der Waals surface area contributed by atoms with E-state index < -0.39 is 0 Å². The molecule has 0 aliphatic carbocycles. The predicted octanol–water partition coefficient (Wildman–Crippen LogP) is 0.736. The number of hydrogen-bond donors (Lipinski definition) is 0. The van der Waals surface area contributed by atoms with Crippen LogP contribution in [0.5, 0.6) is 0 Å². The molecule has 0 N–H and O–H groups in total. The lowest BCUT2D eigenvalue weighted by atomic mass is 10.1. The summed E-state index contributed by atoms with van der Waals surface area (Å²) in [5.41, 5.74) is 1.26. The van der Waals surface area contributed by atoms with Crippen LogP contribution in [0.3, 0.4) is 0 Å². The molecule has 0 bridgehead atoms. The lowest BCUT2D eigenvalue weighted by Gasteiger charge is -2.00. The third-order valence-electron chi connectivity index (χ3n) is 3.50. The Morgan fingerprint density at radius 1 is 0.684 bits per heavy atom. The van der Waals surface area contributed by atoms with Gasteiger partial charge < -0.3 is 12.4 Å². The van der Waals surface area contributed by atoms with E-state index in [1.807, 2.05) is 0 Å². The van der Waals surface area contributed by atoms with Gasteiger partial charge in [-0.3, -0.25) is 0 Å².